The molecule has 0 bridgehead atoms. The van der Waals surface area contributed by atoms with Crippen LogP contribution in [0.5, 0.6) is 0 Å². The van der Waals surface area contributed by atoms with Gasteiger partial charge in [0.1, 0.15) is 13.3 Å². The molecule has 5 atom stereocenters. The van der Waals surface area contributed by atoms with Gasteiger partial charge in [-0.05, 0) is 65.2 Å². The number of ether oxygens (including phenoxy) is 3. The first-order valence-electron chi connectivity index (χ1n) is 17.4. The second kappa shape index (κ2) is 25.6. The minimum Gasteiger partial charge on any atom is -0.748 e. The Kier molecular flexibility index (Phi) is 26.1. The van der Waals surface area contributed by atoms with Crippen molar-refractivity contribution < 1.29 is 81.0 Å². The fourth-order valence-electron chi connectivity index (χ4n) is 5.61. The number of carbonyl (C=O) groups excluding carboxylic acids is 4. The molecule has 0 rings (SSSR count). The van der Waals surface area contributed by atoms with Gasteiger partial charge in [-0.25, -0.2) is 8.42 Å². The fraction of sp³-hybridized carbons (Fsp3) is 0.882. The van der Waals surface area contributed by atoms with E-state index in [1.807, 2.05) is 13.8 Å². The van der Waals surface area contributed by atoms with E-state index in [2.05, 4.69) is 17.6 Å². The van der Waals surface area contributed by atoms with Crippen LogP contribution in [0.1, 0.15) is 120 Å². The van der Waals surface area contributed by atoms with Crippen molar-refractivity contribution in [2.45, 2.75) is 125 Å². The summed E-state index contributed by atoms with van der Waals surface area (Å²) in [4.78, 5) is 53.6. The molecule has 0 radical (unpaired) electrons. The summed E-state index contributed by atoms with van der Waals surface area (Å²) >= 11 is 0. The second-order valence-electron chi connectivity index (χ2n) is 13.8. The van der Waals surface area contributed by atoms with Crippen LogP contribution < -0.4 is 40.2 Å². The van der Waals surface area contributed by atoms with Crippen molar-refractivity contribution in [1.82, 2.24) is 10.6 Å². The Morgan fingerprint density at radius 2 is 1.49 bits per heavy atom. The number of unbranched alkanes of at least 4 members (excludes halogenated alkanes) is 2. The van der Waals surface area contributed by atoms with Gasteiger partial charge in [-0.2, -0.15) is 0 Å². The van der Waals surface area contributed by atoms with Gasteiger partial charge >= 0.3 is 41.5 Å². The molecule has 0 spiro atoms. The molecule has 0 saturated carbocycles. The first-order chi connectivity index (χ1) is 22.4. The van der Waals surface area contributed by atoms with Gasteiger partial charge in [-0.3, -0.25) is 19.2 Å². The molecule has 0 aromatic rings. The first-order valence-corrected chi connectivity index (χ1v) is 19.0. The maximum absolute atomic E-state index is 13.7. The summed E-state index contributed by atoms with van der Waals surface area (Å²) in [5.74, 6) is -5.28. The molecule has 49 heavy (non-hydrogen) atoms. The van der Waals surface area contributed by atoms with Gasteiger partial charge in [0.15, 0.2) is 0 Å². The number of hydrogen-bond donors (Lipinski definition) is 3. The third-order valence-electron chi connectivity index (χ3n) is 8.49. The van der Waals surface area contributed by atoms with Gasteiger partial charge in [0.25, 0.3) is 0 Å². The van der Waals surface area contributed by atoms with Crippen molar-refractivity contribution in [3.05, 3.63) is 0 Å². The molecule has 0 aromatic carbocycles. The number of hydrogen-bond acceptors (Lipinski definition) is 11. The molecule has 3 N–H and O–H groups in total. The molecule has 13 nitrogen and oxygen atoms in total. The second-order valence-corrected chi connectivity index (χ2v) is 15.2. The average molecular weight is 731 g/mol. The van der Waals surface area contributed by atoms with E-state index in [4.69, 9.17) is 14.2 Å². The SMILES string of the molecule is CCCCOCNC(=O)C(C)CC(CC(C)(CC(CC)C(=O)NC(C)(C)CS(=O)(=O)[O-])C(=O)OCCO)C(=O)OCC(CC)CCCC.[Na+]. The smallest absolute Gasteiger partial charge is 0.748 e. The van der Waals surface area contributed by atoms with Gasteiger partial charge in [-0.1, -0.05) is 60.3 Å². The molecule has 2 amide bonds. The number of carbonyl (C=O) groups is 4. The van der Waals surface area contributed by atoms with Crippen molar-refractivity contribution in [2.24, 2.45) is 29.1 Å². The number of nitrogens with one attached hydrogen (secondary N) is 2. The quantitative estimate of drug-likeness (QED) is 0.0360. The standard InChI is InChI=1S/C34H64N2O11S.Na/c1-9-13-15-26(11-3)22-47-31(40)28(19-25(5)29(38)35-24-45-17-14-10-2)21-34(8,32(41)46-18-16-37)20-27(12-4)30(39)36-33(6,7)23-48(42,43)44;/h25-28,37H,9-24H2,1-8H3,(H,35,38)(H,36,39)(H,42,43,44);/q;+1/p-1. The van der Waals surface area contributed by atoms with Crippen molar-refractivity contribution >= 4 is 33.9 Å². The van der Waals surface area contributed by atoms with Gasteiger partial charge < -0.3 is 34.5 Å². The number of amides is 2. The molecule has 0 aliphatic rings. The summed E-state index contributed by atoms with van der Waals surface area (Å²) in [6.07, 6.45) is 5.59. The van der Waals surface area contributed by atoms with Crippen molar-refractivity contribution in [1.29, 1.82) is 0 Å². The summed E-state index contributed by atoms with van der Waals surface area (Å²) in [5, 5.41) is 14.7. The predicted molar refractivity (Wildman–Crippen MR) is 181 cm³/mol. The Morgan fingerprint density at radius 3 is 2.02 bits per heavy atom. The fourth-order valence-corrected chi connectivity index (χ4v) is 6.57. The van der Waals surface area contributed by atoms with Crippen LogP contribution in [0.15, 0.2) is 0 Å². The van der Waals surface area contributed by atoms with Crippen LogP contribution in [0.25, 0.3) is 0 Å². The molecular formula is C34H63N2NaO11S. The van der Waals surface area contributed by atoms with Crippen LogP contribution in [0.2, 0.25) is 0 Å². The Hall–Kier alpha value is -1.29. The Bertz CT molecular complexity index is 1090. The number of esters is 2. The molecule has 0 aromatic heterocycles. The van der Waals surface area contributed by atoms with Gasteiger partial charge in [-0.15, -0.1) is 0 Å². The van der Waals surface area contributed by atoms with Crippen LogP contribution in [0, 0.1) is 29.1 Å². The van der Waals surface area contributed by atoms with E-state index in [0.717, 1.165) is 38.5 Å². The minimum atomic E-state index is -4.65. The third kappa shape index (κ3) is 21.6. The first kappa shape index (κ1) is 49.8. The maximum atomic E-state index is 13.7. The van der Waals surface area contributed by atoms with Gasteiger partial charge in [0, 0.05) is 24.0 Å². The van der Waals surface area contributed by atoms with Crippen LogP contribution in [-0.2, 0) is 43.5 Å². The van der Waals surface area contributed by atoms with Gasteiger partial charge in [0.2, 0.25) is 11.8 Å². The van der Waals surface area contributed by atoms with E-state index in [0.29, 0.717) is 6.61 Å². The summed E-state index contributed by atoms with van der Waals surface area (Å²) in [5.41, 5.74) is -2.82. The zero-order valence-electron chi connectivity index (χ0n) is 31.6. The molecule has 15 heteroatoms. The van der Waals surface area contributed by atoms with Gasteiger partial charge in [0.05, 0.1) is 40.4 Å². The summed E-state index contributed by atoms with van der Waals surface area (Å²) in [6.45, 7) is 13.9. The van der Waals surface area contributed by atoms with Crippen LogP contribution in [0.4, 0.5) is 0 Å². The molecule has 5 unspecified atom stereocenters. The molecule has 282 valence electrons. The number of rotatable bonds is 27. The van der Waals surface area contributed by atoms with E-state index in [-0.39, 0.29) is 87.0 Å². The van der Waals surface area contributed by atoms with E-state index < -0.39 is 69.0 Å². The van der Waals surface area contributed by atoms with Crippen LogP contribution in [0.3, 0.4) is 0 Å². The largest absolute Gasteiger partial charge is 1.00 e. The van der Waals surface area contributed by atoms with E-state index in [1.54, 1.807) is 20.8 Å². The number of aliphatic hydroxyl groups is 1. The molecule has 0 heterocycles. The predicted octanol–water partition coefficient (Wildman–Crippen LogP) is 1.07. The summed E-state index contributed by atoms with van der Waals surface area (Å²) in [6, 6.07) is 0. The topological polar surface area (TPSA) is 197 Å². The molecule has 0 aliphatic carbocycles. The molecule has 0 saturated heterocycles. The number of aliphatic hydroxyl groups excluding tert-OH is 1. The molecule has 0 aliphatic heterocycles. The minimum absolute atomic E-state index is 0. The Morgan fingerprint density at radius 1 is 0.878 bits per heavy atom. The zero-order valence-corrected chi connectivity index (χ0v) is 34.4. The van der Waals surface area contributed by atoms with Crippen molar-refractivity contribution in [3.63, 3.8) is 0 Å². The summed E-state index contributed by atoms with van der Waals surface area (Å²) < 4.78 is 50.8. The van der Waals surface area contributed by atoms with E-state index in [1.165, 1.54) is 13.8 Å². The van der Waals surface area contributed by atoms with Crippen molar-refractivity contribution in [2.75, 3.05) is 38.9 Å². The maximum Gasteiger partial charge on any atom is 1.00 e. The summed E-state index contributed by atoms with van der Waals surface area (Å²) in [7, 11) is -4.65. The van der Waals surface area contributed by atoms with Crippen LogP contribution >= 0.6 is 0 Å². The molecular weight excluding hydrogens is 667 g/mol. The Balaban J connectivity index is 0. The normalized spacial score (nSPS) is 15.5. The van der Waals surface area contributed by atoms with Crippen molar-refractivity contribution in [3.8, 4) is 0 Å². The van der Waals surface area contributed by atoms with E-state index in [9.17, 15) is 37.3 Å². The monoisotopic (exact) mass is 730 g/mol. The zero-order chi connectivity index (χ0) is 37.0. The average Bonchev–Trinajstić information content (AvgIpc) is 3.00. The molecule has 0 fully saturated rings. The Labute approximate surface area is 317 Å². The van der Waals surface area contributed by atoms with E-state index >= 15 is 0 Å². The van der Waals surface area contributed by atoms with Crippen LogP contribution in [-0.4, -0.2) is 86.3 Å². The third-order valence-corrected chi connectivity index (χ3v) is 9.56.